The van der Waals surface area contributed by atoms with Crippen LogP contribution in [0.3, 0.4) is 0 Å². The van der Waals surface area contributed by atoms with Gasteiger partial charge < -0.3 is 19.8 Å². The fourth-order valence-electron chi connectivity index (χ4n) is 7.01. The minimum absolute atomic E-state index is 0.0151. The third-order valence-electron chi connectivity index (χ3n) is 9.19. The molecule has 41 heavy (non-hydrogen) atoms. The molecule has 3 fully saturated rings. The molecule has 10 nitrogen and oxygen atoms in total. The standard InChI is InChI=1S/C31H33N7O3/c1-20-17-22(35-16-13-31(2,19-35)21-7-4-3-5-8-21)18-38-28(20)33-27(34-38)29(39)37-15-12-24-25(37)11-14-36(24)26-10-6-9-23(32-26)30(40)41/h3-10,17-18,24-25H,11-16,19H2,1-2H3,(H,40,41)/t24?,25?,31-/m0/s1. The number of likely N-dealkylation sites (tertiary alicyclic amines) is 1. The Hall–Kier alpha value is -4.47. The summed E-state index contributed by atoms with van der Waals surface area (Å²) in [6, 6.07) is 18.0. The number of benzene rings is 1. The van der Waals surface area contributed by atoms with E-state index in [2.05, 4.69) is 68.2 Å². The average molecular weight is 552 g/mol. The summed E-state index contributed by atoms with van der Waals surface area (Å²) in [5.74, 6) is -0.344. The summed E-state index contributed by atoms with van der Waals surface area (Å²) >= 11 is 0. The lowest BCUT2D eigenvalue weighted by Crippen LogP contribution is -2.40. The van der Waals surface area contributed by atoms with E-state index in [9.17, 15) is 14.7 Å². The van der Waals surface area contributed by atoms with Crippen LogP contribution in [0.2, 0.25) is 0 Å². The van der Waals surface area contributed by atoms with Crippen molar-refractivity contribution in [3.63, 3.8) is 0 Å². The Morgan fingerprint density at radius 2 is 1.78 bits per heavy atom. The molecule has 0 radical (unpaired) electrons. The molecule has 10 heteroatoms. The van der Waals surface area contributed by atoms with Crippen molar-refractivity contribution in [2.24, 2.45) is 0 Å². The lowest BCUT2D eigenvalue weighted by molar-refractivity contribution is 0.0688. The van der Waals surface area contributed by atoms with Gasteiger partial charge in [-0.25, -0.2) is 19.3 Å². The molecule has 0 aliphatic carbocycles. The molecule has 0 saturated carbocycles. The largest absolute Gasteiger partial charge is 0.477 e. The Morgan fingerprint density at radius 1 is 0.976 bits per heavy atom. The smallest absolute Gasteiger partial charge is 0.354 e. The van der Waals surface area contributed by atoms with Gasteiger partial charge in [-0.1, -0.05) is 43.3 Å². The number of carbonyl (C=O) groups is 2. The maximum Gasteiger partial charge on any atom is 0.354 e. The number of hydrogen-bond donors (Lipinski definition) is 1. The molecule has 0 bridgehead atoms. The summed E-state index contributed by atoms with van der Waals surface area (Å²) in [6.45, 7) is 7.54. The number of aromatic nitrogens is 4. The van der Waals surface area contributed by atoms with Gasteiger partial charge in [0.1, 0.15) is 5.82 Å². The zero-order valence-electron chi connectivity index (χ0n) is 23.3. The van der Waals surface area contributed by atoms with Crippen LogP contribution in [0.4, 0.5) is 11.5 Å². The van der Waals surface area contributed by atoms with Gasteiger partial charge in [-0.3, -0.25) is 4.79 Å². The molecule has 1 amide bonds. The molecule has 6 heterocycles. The van der Waals surface area contributed by atoms with Crippen molar-refractivity contribution in [3.8, 4) is 0 Å². The van der Waals surface area contributed by atoms with E-state index in [4.69, 9.17) is 0 Å². The number of carboxylic acid groups (broad SMARTS) is 1. The molecule has 3 aliphatic heterocycles. The molecule has 0 spiro atoms. The zero-order chi connectivity index (χ0) is 28.3. The molecule has 3 atom stereocenters. The molecule has 3 saturated heterocycles. The highest BCUT2D eigenvalue weighted by atomic mass is 16.4. The summed E-state index contributed by atoms with van der Waals surface area (Å²) < 4.78 is 1.76. The van der Waals surface area contributed by atoms with Crippen molar-refractivity contribution < 1.29 is 14.7 Å². The number of fused-ring (bicyclic) bond motifs is 2. The maximum absolute atomic E-state index is 13.7. The first-order valence-corrected chi connectivity index (χ1v) is 14.3. The third kappa shape index (κ3) is 4.29. The monoisotopic (exact) mass is 551 g/mol. The molecule has 3 aliphatic rings. The molecule has 2 unspecified atom stereocenters. The van der Waals surface area contributed by atoms with Crippen LogP contribution < -0.4 is 9.80 Å². The van der Waals surface area contributed by atoms with Crippen LogP contribution in [0.15, 0.2) is 60.8 Å². The van der Waals surface area contributed by atoms with Crippen LogP contribution in [0.1, 0.15) is 58.4 Å². The predicted octanol–water partition coefficient (Wildman–Crippen LogP) is 3.79. The highest BCUT2D eigenvalue weighted by Gasteiger charge is 2.46. The highest BCUT2D eigenvalue weighted by Crippen LogP contribution is 2.37. The summed E-state index contributed by atoms with van der Waals surface area (Å²) in [6.07, 6.45) is 4.65. The molecule has 7 rings (SSSR count). The Balaban J connectivity index is 1.10. The molecule has 4 aromatic rings. The van der Waals surface area contributed by atoms with E-state index < -0.39 is 5.97 Å². The first-order chi connectivity index (χ1) is 19.8. The molecular formula is C31H33N7O3. The summed E-state index contributed by atoms with van der Waals surface area (Å²) in [5, 5.41) is 14.0. The van der Waals surface area contributed by atoms with E-state index in [1.54, 1.807) is 10.6 Å². The van der Waals surface area contributed by atoms with Crippen LogP contribution in [0.5, 0.6) is 0 Å². The van der Waals surface area contributed by atoms with E-state index in [0.717, 1.165) is 43.6 Å². The molecule has 3 aromatic heterocycles. The Labute approximate surface area is 238 Å². The second kappa shape index (κ2) is 9.57. The number of carbonyl (C=O) groups excluding carboxylic acids is 1. The van der Waals surface area contributed by atoms with Gasteiger partial charge in [-0.15, -0.1) is 5.10 Å². The molecule has 1 N–H and O–H groups in total. The van der Waals surface area contributed by atoms with Crippen LogP contribution in [-0.2, 0) is 5.41 Å². The van der Waals surface area contributed by atoms with Gasteiger partial charge in [0, 0.05) is 31.6 Å². The van der Waals surface area contributed by atoms with Crippen molar-refractivity contribution >= 4 is 29.0 Å². The van der Waals surface area contributed by atoms with Gasteiger partial charge in [0.15, 0.2) is 11.3 Å². The van der Waals surface area contributed by atoms with Gasteiger partial charge in [-0.05, 0) is 55.5 Å². The Bertz CT molecular complexity index is 1650. The quantitative estimate of drug-likeness (QED) is 0.399. The lowest BCUT2D eigenvalue weighted by atomic mass is 9.82. The lowest BCUT2D eigenvalue weighted by Gasteiger charge is -2.26. The first kappa shape index (κ1) is 25.5. The summed E-state index contributed by atoms with van der Waals surface area (Å²) in [7, 11) is 0. The number of nitrogens with zero attached hydrogens (tertiary/aromatic N) is 7. The highest BCUT2D eigenvalue weighted by molar-refractivity contribution is 5.92. The van der Waals surface area contributed by atoms with E-state index in [-0.39, 0.29) is 34.9 Å². The van der Waals surface area contributed by atoms with E-state index >= 15 is 0 Å². The number of rotatable bonds is 5. The predicted molar refractivity (Wildman–Crippen MR) is 155 cm³/mol. The average Bonchev–Trinajstić information content (AvgIpc) is 3.77. The maximum atomic E-state index is 13.7. The number of amides is 1. The van der Waals surface area contributed by atoms with Gasteiger partial charge in [0.25, 0.3) is 5.91 Å². The van der Waals surface area contributed by atoms with Crippen LogP contribution in [0, 0.1) is 6.92 Å². The molecular weight excluding hydrogens is 518 g/mol. The number of hydrogen-bond acceptors (Lipinski definition) is 7. The van der Waals surface area contributed by atoms with Crippen molar-refractivity contribution in [2.75, 3.05) is 36.0 Å². The van der Waals surface area contributed by atoms with Gasteiger partial charge in [-0.2, -0.15) is 0 Å². The normalized spacial score (nSPS) is 23.9. The second-order valence-corrected chi connectivity index (χ2v) is 11.8. The van der Waals surface area contributed by atoms with Crippen LogP contribution in [0.25, 0.3) is 5.65 Å². The van der Waals surface area contributed by atoms with Gasteiger partial charge in [0.2, 0.25) is 5.82 Å². The minimum Gasteiger partial charge on any atom is -0.477 e. The summed E-state index contributed by atoms with van der Waals surface area (Å²) in [4.78, 5) is 40.6. The van der Waals surface area contributed by atoms with Crippen molar-refractivity contribution in [1.29, 1.82) is 0 Å². The van der Waals surface area contributed by atoms with Crippen LogP contribution in [-0.4, -0.2) is 79.7 Å². The first-order valence-electron chi connectivity index (χ1n) is 14.3. The topological polar surface area (TPSA) is 107 Å². The van der Waals surface area contributed by atoms with Crippen molar-refractivity contribution in [3.05, 3.63) is 83.4 Å². The number of aromatic carboxylic acids is 1. The van der Waals surface area contributed by atoms with Gasteiger partial charge >= 0.3 is 5.97 Å². The van der Waals surface area contributed by atoms with E-state index in [1.807, 2.05) is 24.1 Å². The van der Waals surface area contributed by atoms with Crippen molar-refractivity contribution in [1.82, 2.24) is 24.5 Å². The Morgan fingerprint density at radius 3 is 2.59 bits per heavy atom. The molecule has 210 valence electrons. The number of pyridine rings is 2. The number of anilines is 2. The fourth-order valence-corrected chi connectivity index (χ4v) is 7.01. The number of aryl methyl sites for hydroxylation is 1. The third-order valence-corrected chi connectivity index (χ3v) is 9.19. The van der Waals surface area contributed by atoms with Crippen molar-refractivity contribution in [2.45, 2.75) is 50.6 Å². The minimum atomic E-state index is -1.04. The Kier molecular flexibility index (Phi) is 5.95. The zero-order valence-corrected chi connectivity index (χ0v) is 23.3. The SMILES string of the molecule is Cc1cc(N2CC[C@](C)(c3ccccc3)C2)cn2nc(C(=O)N3CCC4C3CCN4c3cccc(C(=O)O)n3)nc12. The second-order valence-electron chi connectivity index (χ2n) is 11.8. The van der Waals surface area contributed by atoms with Crippen LogP contribution >= 0.6 is 0 Å². The van der Waals surface area contributed by atoms with Gasteiger partial charge in [0.05, 0.1) is 24.0 Å². The number of carboxylic acids is 1. The van der Waals surface area contributed by atoms with E-state index in [0.29, 0.717) is 24.6 Å². The summed E-state index contributed by atoms with van der Waals surface area (Å²) in [5.41, 5.74) is 4.23. The molecule has 1 aromatic carbocycles. The van der Waals surface area contributed by atoms with E-state index in [1.165, 1.54) is 11.6 Å². The fraction of sp³-hybridized carbons (Fsp3) is 0.387.